The fraction of sp³-hybridized carbons (Fsp3) is 0.737. The molecule has 4 rings (SSSR count). The third-order valence-corrected chi connectivity index (χ3v) is 6.33. The Kier molecular flexibility index (Phi) is 4.39. The van der Waals surface area contributed by atoms with Gasteiger partial charge in [0.2, 0.25) is 5.91 Å². The van der Waals surface area contributed by atoms with Crippen LogP contribution in [0.5, 0.6) is 0 Å². The van der Waals surface area contributed by atoms with E-state index < -0.39 is 0 Å². The van der Waals surface area contributed by atoms with Crippen molar-refractivity contribution in [2.75, 3.05) is 30.4 Å². The van der Waals surface area contributed by atoms with Crippen LogP contribution in [0.4, 0.5) is 11.6 Å². The van der Waals surface area contributed by atoms with E-state index in [9.17, 15) is 9.90 Å². The zero-order valence-corrected chi connectivity index (χ0v) is 15.9. The summed E-state index contributed by atoms with van der Waals surface area (Å²) >= 11 is 0. The van der Waals surface area contributed by atoms with Crippen LogP contribution in [0, 0.1) is 11.3 Å². The monoisotopic (exact) mass is 359 g/mol. The van der Waals surface area contributed by atoms with Gasteiger partial charge in [0.1, 0.15) is 5.82 Å². The average Bonchev–Trinajstić information content (AvgIpc) is 3.12. The van der Waals surface area contributed by atoms with Gasteiger partial charge in [0, 0.05) is 31.0 Å². The second-order valence-corrected chi connectivity index (χ2v) is 8.60. The summed E-state index contributed by atoms with van der Waals surface area (Å²) in [5.74, 6) is 1.97. The van der Waals surface area contributed by atoms with Crippen LogP contribution in [0.25, 0.3) is 0 Å². The third-order valence-electron chi connectivity index (χ3n) is 6.33. The van der Waals surface area contributed by atoms with Crippen LogP contribution < -0.4 is 10.2 Å². The Morgan fingerprint density at radius 2 is 2.12 bits per heavy atom. The number of rotatable bonds is 4. The Morgan fingerprint density at radius 3 is 2.69 bits per heavy atom. The predicted molar refractivity (Wildman–Crippen MR) is 100.0 cm³/mol. The number of anilines is 2. The highest BCUT2D eigenvalue weighted by Gasteiger charge is 2.58. The molecule has 1 aromatic heterocycles. The molecule has 1 aromatic rings. The molecule has 4 atom stereocenters. The molecule has 3 fully saturated rings. The number of hydrogen-bond donors (Lipinski definition) is 2. The minimum absolute atomic E-state index is 0.00137. The fourth-order valence-electron chi connectivity index (χ4n) is 5.61. The van der Waals surface area contributed by atoms with Crippen LogP contribution in [-0.4, -0.2) is 64.2 Å². The normalized spacial score (nSPS) is 34.7. The van der Waals surface area contributed by atoms with E-state index in [1.165, 1.54) is 0 Å². The predicted octanol–water partition coefficient (Wildman–Crippen LogP) is 1.49. The van der Waals surface area contributed by atoms with Crippen molar-refractivity contribution in [3.63, 3.8) is 0 Å². The van der Waals surface area contributed by atoms with Crippen molar-refractivity contribution in [3.05, 3.63) is 12.4 Å². The van der Waals surface area contributed by atoms with Crippen LogP contribution in [-0.2, 0) is 4.79 Å². The first-order chi connectivity index (χ1) is 12.4. The van der Waals surface area contributed by atoms with E-state index >= 15 is 0 Å². The average molecular weight is 359 g/mol. The number of carbonyl (C=O) groups is 1. The summed E-state index contributed by atoms with van der Waals surface area (Å²) in [7, 11) is 2.17. The number of carbonyl (C=O) groups excluding carboxylic acids is 1. The highest BCUT2D eigenvalue weighted by molar-refractivity contribution is 5.94. The summed E-state index contributed by atoms with van der Waals surface area (Å²) in [5.41, 5.74) is 0.204. The van der Waals surface area contributed by atoms with Crippen molar-refractivity contribution < 1.29 is 9.90 Å². The van der Waals surface area contributed by atoms with Gasteiger partial charge in [0.05, 0.1) is 24.5 Å². The minimum atomic E-state index is -0.369. The Bertz CT molecular complexity index is 674. The standard InChI is InChI=1S/C19H29N5O2/c1-12(2)18-19(11-23(18)3)7-13(14(25)8-19)22-15-9-21-16(10-20-15)24-6-4-5-17(24)26/h9-10,12-14,18,25H,4-8,11H2,1-3H3,(H,20,22)/t13-,14-,18?,19?/m1/s1. The second-order valence-electron chi connectivity index (χ2n) is 8.60. The molecule has 3 aliphatic rings. The zero-order chi connectivity index (χ0) is 18.5. The molecule has 7 nitrogen and oxygen atoms in total. The number of nitrogens with one attached hydrogen (secondary N) is 1. The molecule has 7 heteroatoms. The first kappa shape index (κ1) is 17.7. The number of aromatic nitrogens is 2. The van der Waals surface area contributed by atoms with Crippen LogP contribution in [0.3, 0.4) is 0 Å². The topological polar surface area (TPSA) is 81.6 Å². The number of nitrogens with zero attached hydrogens (tertiary/aromatic N) is 4. The van der Waals surface area contributed by atoms with Gasteiger partial charge in [0.15, 0.2) is 5.82 Å². The van der Waals surface area contributed by atoms with E-state index in [2.05, 4.69) is 41.1 Å². The van der Waals surface area contributed by atoms with Crippen LogP contribution in [0.1, 0.15) is 39.5 Å². The smallest absolute Gasteiger partial charge is 0.228 e. The van der Waals surface area contributed by atoms with E-state index in [0.717, 1.165) is 25.8 Å². The number of aliphatic hydroxyl groups excluding tert-OH is 1. The summed E-state index contributed by atoms with van der Waals surface area (Å²) in [5, 5.41) is 14.0. The van der Waals surface area contributed by atoms with Crippen molar-refractivity contribution in [3.8, 4) is 0 Å². The summed E-state index contributed by atoms with van der Waals surface area (Å²) < 4.78 is 0. The maximum atomic E-state index is 11.8. The lowest BCUT2D eigenvalue weighted by Gasteiger charge is -2.57. The molecule has 2 N–H and O–H groups in total. The van der Waals surface area contributed by atoms with Gasteiger partial charge in [-0.15, -0.1) is 0 Å². The van der Waals surface area contributed by atoms with Gasteiger partial charge in [-0.1, -0.05) is 13.8 Å². The van der Waals surface area contributed by atoms with Crippen molar-refractivity contribution >= 4 is 17.5 Å². The van der Waals surface area contributed by atoms with Gasteiger partial charge in [-0.05, 0) is 32.2 Å². The van der Waals surface area contributed by atoms with E-state index in [4.69, 9.17) is 0 Å². The molecule has 1 spiro atoms. The summed E-state index contributed by atoms with van der Waals surface area (Å²) in [6.45, 7) is 6.29. The molecule has 2 aliphatic heterocycles. The molecular formula is C19H29N5O2. The molecule has 1 aliphatic carbocycles. The maximum absolute atomic E-state index is 11.8. The number of amides is 1. The Morgan fingerprint density at radius 1 is 1.31 bits per heavy atom. The highest BCUT2D eigenvalue weighted by Crippen LogP contribution is 2.52. The van der Waals surface area contributed by atoms with Crippen LogP contribution in [0.2, 0.25) is 0 Å². The van der Waals surface area contributed by atoms with Crippen LogP contribution >= 0.6 is 0 Å². The third kappa shape index (κ3) is 2.87. The molecule has 26 heavy (non-hydrogen) atoms. The van der Waals surface area contributed by atoms with E-state index in [0.29, 0.717) is 36.6 Å². The Labute approximate surface area is 154 Å². The van der Waals surface area contributed by atoms with Crippen molar-refractivity contribution in [1.29, 1.82) is 0 Å². The second kappa shape index (κ2) is 6.46. The number of likely N-dealkylation sites (tertiary alicyclic amines) is 1. The van der Waals surface area contributed by atoms with Gasteiger partial charge >= 0.3 is 0 Å². The van der Waals surface area contributed by atoms with Crippen molar-refractivity contribution in [2.24, 2.45) is 11.3 Å². The fourth-order valence-corrected chi connectivity index (χ4v) is 5.61. The Hall–Kier alpha value is -1.73. The summed E-state index contributed by atoms with van der Waals surface area (Å²) in [6, 6.07) is 0.525. The van der Waals surface area contributed by atoms with Gasteiger partial charge in [0.25, 0.3) is 0 Å². The molecule has 142 valence electrons. The van der Waals surface area contributed by atoms with E-state index in [1.54, 1.807) is 17.3 Å². The quantitative estimate of drug-likeness (QED) is 0.848. The molecule has 0 radical (unpaired) electrons. The maximum Gasteiger partial charge on any atom is 0.228 e. The first-order valence-electron chi connectivity index (χ1n) is 9.67. The molecule has 3 heterocycles. The minimum Gasteiger partial charge on any atom is -0.391 e. The lowest BCUT2D eigenvalue weighted by atomic mass is 9.66. The van der Waals surface area contributed by atoms with Crippen molar-refractivity contribution in [1.82, 2.24) is 14.9 Å². The van der Waals surface area contributed by atoms with Crippen molar-refractivity contribution in [2.45, 2.75) is 57.7 Å². The zero-order valence-electron chi connectivity index (χ0n) is 15.9. The van der Waals surface area contributed by atoms with Gasteiger partial charge < -0.3 is 15.3 Å². The molecule has 1 saturated carbocycles. The highest BCUT2D eigenvalue weighted by atomic mass is 16.3. The van der Waals surface area contributed by atoms with Crippen LogP contribution in [0.15, 0.2) is 12.4 Å². The summed E-state index contributed by atoms with van der Waals surface area (Å²) in [4.78, 5) is 24.7. The molecule has 1 amide bonds. The first-order valence-corrected chi connectivity index (χ1v) is 9.67. The molecule has 0 aromatic carbocycles. The Balaban J connectivity index is 1.42. The molecule has 2 unspecified atom stereocenters. The van der Waals surface area contributed by atoms with E-state index in [1.807, 2.05) is 0 Å². The molecule has 0 bridgehead atoms. The van der Waals surface area contributed by atoms with Gasteiger partial charge in [-0.25, -0.2) is 9.97 Å². The summed E-state index contributed by atoms with van der Waals surface area (Å²) in [6.07, 6.45) is 6.21. The van der Waals surface area contributed by atoms with E-state index in [-0.39, 0.29) is 23.5 Å². The lowest BCUT2D eigenvalue weighted by Crippen LogP contribution is -2.64. The number of aliphatic hydroxyl groups is 1. The molecular weight excluding hydrogens is 330 g/mol. The van der Waals surface area contributed by atoms with Gasteiger partial charge in [-0.3, -0.25) is 9.69 Å². The SMILES string of the molecule is CC(C)C1N(C)CC12C[C@@H](O)[C@H](Nc1cnc(N3CCCC3=O)cn1)C2. The largest absolute Gasteiger partial charge is 0.391 e. The molecule has 2 saturated heterocycles. The number of hydrogen-bond acceptors (Lipinski definition) is 6. The lowest BCUT2D eigenvalue weighted by molar-refractivity contribution is -0.117. The van der Waals surface area contributed by atoms with Gasteiger partial charge in [-0.2, -0.15) is 0 Å².